The highest BCUT2D eigenvalue weighted by Gasteiger charge is 1.99. The van der Waals surface area contributed by atoms with Gasteiger partial charge in [0, 0.05) is 5.56 Å². The number of hydrazone groups is 1. The fourth-order valence-corrected chi connectivity index (χ4v) is 1.81. The Kier molecular flexibility index (Phi) is 4.66. The van der Waals surface area contributed by atoms with Gasteiger partial charge in [0.05, 0.1) is 29.1 Å². The second-order valence-corrected chi connectivity index (χ2v) is 4.56. The van der Waals surface area contributed by atoms with E-state index in [1.165, 1.54) is 0 Å². The van der Waals surface area contributed by atoms with Crippen molar-refractivity contribution in [3.05, 3.63) is 58.1 Å². The molecule has 0 spiro atoms. The molecular formula is C14H12Cl2N2O. The van der Waals surface area contributed by atoms with Crippen molar-refractivity contribution in [2.75, 3.05) is 12.5 Å². The molecular weight excluding hydrogens is 283 g/mol. The largest absolute Gasteiger partial charge is 0.496 e. The summed E-state index contributed by atoms with van der Waals surface area (Å²) in [6, 6.07) is 12.8. The molecule has 0 atom stereocenters. The van der Waals surface area contributed by atoms with Gasteiger partial charge in [-0.1, -0.05) is 35.3 Å². The van der Waals surface area contributed by atoms with Gasteiger partial charge in [-0.3, -0.25) is 5.43 Å². The highest BCUT2D eigenvalue weighted by molar-refractivity contribution is 6.42. The minimum Gasteiger partial charge on any atom is -0.496 e. The number of hydrogen-bond donors (Lipinski definition) is 1. The number of anilines is 1. The van der Waals surface area contributed by atoms with Crippen LogP contribution in [0.3, 0.4) is 0 Å². The van der Waals surface area contributed by atoms with Gasteiger partial charge in [0.25, 0.3) is 0 Å². The molecule has 2 rings (SSSR count). The van der Waals surface area contributed by atoms with Crippen LogP contribution in [0.2, 0.25) is 10.0 Å². The predicted octanol–water partition coefficient (Wildman–Crippen LogP) is 4.45. The van der Waals surface area contributed by atoms with Gasteiger partial charge in [0.1, 0.15) is 5.75 Å². The molecule has 0 heterocycles. The van der Waals surface area contributed by atoms with Crippen LogP contribution in [0.15, 0.2) is 47.6 Å². The highest BCUT2D eigenvalue weighted by atomic mass is 35.5. The topological polar surface area (TPSA) is 33.6 Å². The lowest BCUT2D eigenvalue weighted by Crippen LogP contribution is -1.93. The first kappa shape index (κ1) is 13.7. The number of hydrogen-bond acceptors (Lipinski definition) is 3. The number of nitrogens with one attached hydrogen (secondary N) is 1. The van der Waals surface area contributed by atoms with E-state index < -0.39 is 0 Å². The Morgan fingerprint density at radius 2 is 1.89 bits per heavy atom. The molecule has 0 bridgehead atoms. The number of para-hydroxylation sites is 1. The molecule has 98 valence electrons. The normalized spacial score (nSPS) is 10.7. The number of benzene rings is 2. The van der Waals surface area contributed by atoms with Crippen LogP contribution in [0.4, 0.5) is 5.69 Å². The van der Waals surface area contributed by atoms with Crippen molar-refractivity contribution in [2.45, 2.75) is 0 Å². The third kappa shape index (κ3) is 3.63. The molecule has 2 aromatic carbocycles. The van der Waals surface area contributed by atoms with Crippen LogP contribution in [0.1, 0.15) is 5.56 Å². The summed E-state index contributed by atoms with van der Waals surface area (Å²) in [7, 11) is 1.62. The van der Waals surface area contributed by atoms with E-state index in [1.54, 1.807) is 31.5 Å². The third-order valence-electron chi connectivity index (χ3n) is 2.46. The maximum Gasteiger partial charge on any atom is 0.127 e. The van der Waals surface area contributed by atoms with E-state index in [1.807, 2.05) is 24.3 Å². The Balaban J connectivity index is 2.09. The Bertz CT molecular complexity index is 600. The molecule has 2 aromatic rings. The number of methoxy groups -OCH3 is 1. The van der Waals surface area contributed by atoms with Crippen molar-refractivity contribution in [1.29, 1.82) is 0 Å². The summed E-state index contributed by atoms with van der Waals surface area (Å²) >= 11 is 11.7. The number of ether oxygens (including phenoxy) is 1. The van der Waals surface area contributed by atoms with Crippen molar-refractivity contribution >= 4 is 35.1 Å². The minimum absolute atomic E-state index is 0.485. The van der Waals surface area contributed by atoms with Crippen LogP contribution in [0, 0.1) is 0 Å². The maximum atomic E-state index is 5.91. The lowest BCUT2D eigenvalue weighted by atomic mass is 10.2. The van der Waals surface area contributed by atoms with Crippen molar-refractivity contribution in [3.8, 4) is 5.75 Å². The molecule has 0 aliphatic rings. The zero-order valence-electron chi connectivity index (χ0n) is 10.2. The number of halogens is 2. The summed E-state index contributed by atoms with van der Waals surface area (Å²) in [5.74, 6) is 0.766. The summed E-state index contributed by atoms with van der Waals surface area (Å²) in [5, 5.41) is 5.13. The van der Waals surface area contributed by atoms with Crippen LogP contribution in [0.5, 0.6) is 5.75 Å². The van der Waals surface area contributed by atoms with Crippen molar-refractivity contribution in [2.24, 2.45) is 5.10 Å². The molecule has 3 nitrogen and oxygen atoms in total. The third-order valence-corrected chi connectivity index (χ3v) is 3.19. The second-order valence-electron chi connectivity index (χ2n) is 3.74. The molecule has 0 fully saturated rings. The Labute approximate surface area is 121 Å². The van der Waals surface area contributed by atoms with E-state index in [2.05, 4.69) is 10.5 Å². The average Bonchev–Trinajstić information content (AvgIpc) is 2.43. The zero-order chi connectivity index (χ0) is 13.7. The molecule has 0 aliphatic carbocycles. The van der Waals surface area contributed by atoms with E-state index in [4.69, 9.17) is 27.9 Å². The lowest BCUT2D eigenvalue weighted by Gasteiger charge is -2.04. The van der Waals surface area contributed by atoms with Gasteiger partial charge in [0.2, 0.25) is 0 Å². The average molecular weight is 295 g/mol. The smallest absolute Gasteiger partial charge is 0.127 e. The Morgan fingerprint density at radius 3 is 2.63 bits per heavy atom. The maximum absolute atomic E-state index is 5.91. The zero-order valence-corrected chi connectivity index (χ0v) is 11.7. The Morgan fingerprint density at radius 1 is 1.11 bits per heavy atom. The van der Waals surface area contributed by atoms with E-state index >= 15 is 0 Å². The van der Waals surface area contributed by atoms with Gasteiger partial charge in [-0.05, 0) is 30.3 Å². The van der Waals surface area contributed by atoms with Crippen molar-refractivity contribution in [1.82, 2.24) is 0 Å². The monoisotopic (exact) mass is 294 g/mol. The summed E-state index contributed by atoms with van der Waals surface area (Å²) in [4.78, 5) is 0. The summed E-state index contributed by atoms with van der Waals surface area (Å²) in [6.07, 6.45) is 1.68. The Hall–Kier alpha value is -1.71. The van der Waals surface area contributed by atoms with Gasteiger partial charge in [-0.25, -0.2) is 0 Å². The predicted molar refractivity (Wildman–Crippen MR) is 80.7 cm³/mol. The number of rotatable bonds is 4. The molecule has 0 saturated heterocycles. The molecule has 1 N–H and O–H groups in total. The molecule has 0 aromatic heterocycles. The quantitative estimate of drug-likeness (QED) is 0.668. The summed E-state index contributed by atoms with van der Waals surface area (Å²) < 4.78 is 5.23. The fourth-order valence-electron chi connectivity index (χ4n) is 1.52. The van der Waals surface area contributed by atoms with Gasteiger partial charge in [0.15, 0.2) is 0 Å². The van der Waals surface area contributed by atoms with Crippen molar-refractivity contribution in [3.63, 3.8) is 0 Å². The molecule has 19 heavy (non-hydrogen) atoms. The first-order valence-electron chi connectivity index (χ1n) is 5.58. The molecule has 0 amide bonds. The van der Waals surface area contributed by atoms with Crippen LogP contribution in [0.25, 0.3) is 0 Å². The minimum atomic E-state index is 0.485. The molecule has 0 aliphatic heterocycles. The molecule has 0 unspecified atom stereocenters. The lowest BCUT2D eigenvalue weighted by molar-refractivity contribution is 0.414. The summed E-state index contributed by atoms with van der Waals surface area (Å²) in [5.41, 5.74) is 4.53. The van der Waals surface area contributed by atoms with Crippen LogP contribution < -0.4 is 10.2 Å². The first-order chi connectivity index (χ1) is 9.20. The van der Waals surface area contributed by atoms with Gasteiger partial charge < -0.3 is 4.74 Å². The SMILES string of the molecule is COc1ccccc1/C=N\Nc1ccc(Cl)c(Cl)c1. The highest BCUT2D eigenvalue weighted by Crippen LogP contribution is 2.25. The van der Waals surface area contributed by atoms with E-state index in [-0.39, 0.29) is 0 Å². The van der Waals surface area contributed by atoms with Crippen LogP contribution in [-0.4, -0.2) is 13.3 Å². The fraction of sp³-hybridized carbons (Fsp3) is 0.0714. The number of nitrogens with zero attached hydrogens (tertiary/aromatic N) is 1. The molecule has 0 saturated carbocycles. The van der Waals surface area contributed by atoms with E-state index in [9.17, 15) is 0 Å². The van der Waals surface area contributed by atoms with E-state index in [0.29, 0.717) is 10.0 Å². The van der Waals surface area contributed by atoms with Crippen LogP contribution >= 0.6 is 23.2 Å². The summed E-state index contributed by atoms with van der Waals surface area (Å²) in [6.45, 7) is 0. The van der Waals surface area contributed by atoms with Crippen LogP contribution in [-0.2, 0) is 0 Å². The van der Waals surface area contributed by atoms with Gasteiger partial charge in [-0.15, -0.1) is 0 Å². The standard InChI is InChI=1S/C14H12Cl2N2O/c1-19-14-5-3-2-4-10(14)9-17-18-11-6-7-12(15)13(16)8-11/h2-9,18H,1H3/b17-9-. The van der Waals surface area contributed by atoms with E-state index in [0.717, 1.165) is 17.0 Å². The molecule has 0 radical (unpaired) electrons. The van der Waals surface area contributed by atoms with Gasteiger partial charge >= 0.3 is 0 Å². The second kappa shape index (κ2) is 6.45. The molecule has 5 heteroatoms. The van der Waals surface area contributed by atoms with Crippen molar-refractivity contribution < 1.29 is 4.74 Å². The first-order valence-corrected chi connectivity index (χ1v) is 6.33. The van der Waals surface area contributed by atoms with Gasteiger partial charge in [-0.2, -0.15) is 5.10 Å².